The van der Waals surface area contributed by atoms with Crippen molar-refractivity contribution in [2.24, 2.45) is 0 Å². The molecular formula is C14H16FNO4. The number of nitrogens with zero attached hydrogens (tertiary/aromatic N) is 1. The predicted molar refractivity (Wildman–Crippen MR) is 68.7 cm³/mol. The monoisotopic (exact) mass is 281 g/mol. The van der Waals surface area contributed by atoms with Gasteiger partial charge in [0.15, 0.2) is 6.10 Å². The van der Waals surface area contributed by atoms with E-state index >= 15 is 0 Å². The van der Waals surface area contributed by atoms with Crippen molar-refractivity contribution in [2.45, 2.75) is 25.6 Å². The molecule has 1 saturated heterocycles. The lowest BCUT2D eigenvalue weighted by Crippen LogP contribution is -2.52. The summed E-state index contributed by atoms with van der Waals surface area (Å²) in [7, 11) is 0. The third-order valence-electron chi connectivity index (χ3n) is 3.13. The zero-order valence-corrected chi connectivity index (χ0v) is 11.1. The summed E-state index contributed by atoms with van der Waals surface area (Å²) < 4.78 is 18.3. The molecule has 2 atom stereocenters. The Balaban J connectivity index is 2.03. The van der Waals surface area contributed by atoms with Crippen LogP contribution in [0.15, 0.2) is 24.3 Å². The number of morpholine rings is 1. The van der Waals surface area contributed by atoms with Crippen molar-refractivity contribution < 1.29 is 23.8 Å². The van der Waals surface area contributed by atoms with Crippen LogP contribution in [0, 0.1) is 5.82 Å². The number of hydrogen-bond acceptors (Lipinski definition) is 3. The van der Waals surface area contributed by atoms with Crippen LogP contribution in [0.25, 0.3) is 0 Å². The SMILES string of the molecule is C[C@@H]1CN(C(=O)Cc2cccc(F)c2)CC(C(=O)O)O1. The van der Waals surface area contributed by atoms with Gasteiger partial charge in [0.05, 0.1) is 19.1 Å². The average molecular weight is 281 g/mol. The zero-order valence-electron chi connectivity index (χ0n) is 11.1. The average Bonchev–Trinajstić information content (AvgIpc) is 2.37. The van der Waals surface area contributed by atoms with Crippen molar-refractivity contribution in [3.8, 4) is 0 Å². The van der Waals surface area contributed by atoms with Crippen molar-refractivity contribution in [1.29, 1.82) is 0 Å². The smallest absolute Gasteiger partial charge is 0.334 e. The standard InChI is InChI=1S/C14H16FNO4/c1-9-7-16(8-12(20-9)14(18)19)13(17)6-10-3-2-4-11(15)5-10/h2-5,9,12H,6-8H2,1H3,(H,18,19)/t9-,12?/m1/s1. The van der Waals surface area contributed by atoms with Gasteiger partial charge in [-0.2, -0.15) is 0 Å². The molecule has 1 aliphatic heterocycles. The van der Waals surface area contributed by atoms with Crippen LogP contribution in [-0.4, -0.2) is 47.2 Å². The van der Waals surface area contributed by atoms with Gasteiger partial charge < -0.3 is 14.7 Å². The van der Waals surface area contributed by atoms with E-state index in [0.717, 1.165) is 0 Å². The Morgan fingerprint density at radius 1 is 1.45 bits per heavy atom. The number of carbonyl (C=O) groups excluding carboxylic acids is 1. The molecule has 1 aromatic carbocycles. The van der Waals surface area contributed by atoms with E-state index < -0.39 is 17.9 Å². The minimum absolute atomic E-state index is 0.0216. The largest absolute Gasteiger partial charge is 0.479 e. The molecule has 0 saturated carbocycles. The molecule has 0 spiro atoms. The quantitative estimate of drug-likeness (QED) is 0.900. The Hall–Kier alpha value is -1.95. The third kappa shape index (κ3) is 3.54. The third-order valence-corrected chi connectivity index (χ3v) is 3.13. The molecule has 1 aliphatic rings. The van der Waals surface area contributed by atoms with Gasteiger partial charge >= 0.3 is 5.97 Å². The Bertz CT molecular complexity index is 520. The maximum atomic E-state index is 13.1. The Kier molecular flexibility index (Phi) is 4.34. The second-order valence-electron chi connectivity index (χ2n) is 4.88. The lowest BCUT2D eigenvalue weighted by molar-refractivity contribution is -0.166. The first kappa shape index (κ1) is 14.5. The van der Waals surface area contributed by atoms with E-state index in [4.69, 9.17) is 9.84 Å². The topological polar surface area (TPSA) is 66.8 Å². The lowest BCUT2D eigenvalue weighted by Gasteiger charge is -2.35. The number of carbonyl (C=O) groups is 2. The molecule has 1 N–H and O–H groups in total. The number of carboxylic acids is 1. The lowest BCUT2D eigenvalue weighted by atomic mass is 10.1. The molecule has 20 heavy (non-hydrogen) atoms. The molecule has 2 rings (SSSR count). The van der Waals surface area contributed by atoms with Crippen molar-refractivity contribution in [3.63, 3.8) is 0 Å². The Morgan fingerprint density at radius 2 is 2.20 bits per heavy atom. The maximum Gasteiger partial charge on any atom is 0.334 e. The molecule has 0 bridgehead atoms. The first-order chi connectivity index (χ1) is 9.45. The number of rotatable bonds is 3. The summed E-state index contributed by atoms with van der Waals surface area (Å²) in [6.07, 6.45) is -1.28. The van der Waals surface area contributed by atoms with Gasteiger partial charge in [-0.15, -0.1) is 0 Å². The van der Waals surface area contributed by atoms with Gasteiger partial charge in [0.25, 0.3) is 0 Å². The van der Waals surface area contributed by atoms with E-state index in [1.165, 1.54) is 17.0 Å². The minimum atomic E-state index is -1.08. The van der Waals surface area contributed by atoms with Gasteiger partial charge in [-0.05, 0) is 24.6 Å². The van der Waals surface area contributed by atoms with Crippen molar-refractivity contribution >= 4 is 11.9 Å². The number of carboxylic acid groups (broad SMARTS) is 1. The fourth-order valence-corrected chi connectivity index (χ4v) is 2.22. The van der Waals surface area contributed by atoms with Crippen molar-refractivity contribution in [1.82, 2.24) is 4.90 Å². The van der Waals surface area contributed by atoms with Crippen LogP contribution in [0.1, 0.15) is 12.5 Å². The van der Waals surface area contributed by atoms with Crippen LogP contribution in [0.4, 0.5) is 4.39 Å². The molecule has 1 unspecified atom stereocenters. The number of hydrogen-bond donors (Lipinski definition) is 1. The highest BCUT2D eigenvalue weighted by Gasteiger charge is 2.32. The number of benzene rings is 1. The van der Waals surface area contributed by atoms with Gasteiger partial charge in [-0.1, -0.05) is 12.1 Å². The first-order valence-electron chi connectivity index (χ1n) is 6.36. The summed E-state index contributed by atoms with van der Waals surface area (Å²) in [5.41, 5.74) is 0.570. The van der Waals surface area contributed by atoms with Crippen LogP contribution in [0.5, 0.6) is 0 Å². The fraction of sp³-hybridized carbons (Fsp3) is 0.429. The van der Waals surface area contributed by atoms with Gasteiger partial charge in [-0.25, -0.2) is 9.18 Å². The number of aliphatic carboxylic acids is 1. The zero-order chi connectivity index (χ0) is 14.7. The number of ether oxygens (including phenoxy) is 1. The Labute approximate surface area is 116 Å². The molecule has 1 fully saturated rings. The fourth-order valence-electron chi connectivity index (χ4n) is 2.22. The molecule has 6 heteroatoms. The second-order valence-corrected chi connectivity index (χ2v) is 4.88. The normalized spacial score (nSPS) is 22.6. The van der Waals surface area contributed by atoms with Crippen LogP contribution >= 0.6 is 0 Å². The minimum Gasteiger partial charge on any atom is -0.479 e. The van der Waals surface area contributed by atoms with Crippen LogP contribution in [0.3, 0.4) is 0 Å². The van der Waals surface area contributed by atoms with E-state index in [1.54, 1.807) is 19.1 Å². The summed E-state index contributed by atoms with van der Waals surface area (Å²) in [5.74, 6) is -1.70. The molecule has 1 heterocycles. The molecule has 0 radical (unpaired) electrons. The summed E-state index contributed by atoms with van der Waals surface area (Å²) in [4.78, 5) is 24.6. The van der Waals surface area contributed by atoms with Gasteiger partial charge in [0.2, 0.25) is 5.91 Å². The predicted octanol–water partition coefficient (Wildman–Crippen LogP) is 1.07. The van der Waals surface area contributed by atoms with E-state index in [2.05, 4.69) is 0 Å². The highest BCUT2D eigenvalue weighted by atomic mass is 19.1. The van der Waals surface area contributed by atoms with E-state index in [9.17, 15) is 14.0 Å². The number of halogens is 1. The summed E-state index contributed by atoms with van der Waals surface area (Å²) in [5, 5.41) is 8.97. The van der Waals surface area contributed by atoms with Crippen molar-refractivity contribution in [2.75, 3.05) is 13.1 Å². The molecule has 108 valence electrons. The molecule has 1 aromatic rings. The number of amides is 1. The van der Waals surface area contributed by atoms with Gasteiger partial charge in [0, 0.05) is 6.54 Å². The Morgan fingerprint density at radius 3 is 2.85 bits per heavy atom. The molecular weight excluding hydrogens is 265 g/mol. The second kappa shape index (κ2) is 6.00. The highest BCUT2D eigenvalue weighted by molar-refractivity contribution is 5.80. The van der Waals surface area contributed by atoms with E-state index in [-0.39, 0.29) is 25.0 Å². The van der Waals surface area contributed by atoms with Crippen LogP contribution < -0.4 is 0 Å². The van der Waals surface area contributed by atoms with E-state index in [1.807, 2.05) is 0 Å². The molecule has 1 amide bonds. The van der Waals surface area contributed by atoms with Crippen LogP contribution in [0.2, 0.25) is 0 Å². The first-order valence-corrected chi connectivity index (χ1v) is 6.36. The summed E-state index contributed by atoms with van der Waals surface area (Å²) in [6.45, 7) is 2.09. The molecule has 0 aliphatic carbocycles. The summed E-state index contributed by atoms with van der Waals surface area (Å²) in [6, 6.07) is 5.82. The van der Waals surface area contributed by atoms with Gasteiger partial charge in [0.1, 0.15) is 5.82 Å². The summed E-state index contributed by atoms with van der Waals surface area (Å²) >= 11 is 0. The maximum absolute atomic E-state index is 13.1. The molecule has 5 nitrogen and oxygen atoms in total. The van der Waals surface area contributed by atoms with E-state index in [0.29, 0.717) is 12.1 Å². The van der Waals surface area contributed by atoms with Gasteiger partial charge in [-0.3, -0.25) is 4.79 Å². The molecule has 0 aromatic heterocycles. The highest BCUT2D eigenvalue weighted by Crippen LogP contribution is 2.14. The van der Waals surface area contributed by atoms with Crippen molar-refractivity contribution in [3.05, 3.63) is 35.6 Å². The van der Waals surface area contributed by atoms with Crippen LogP contribution in [-0.2, 0) is 20.7 Å².